The summed E-state index contributed by atoms with van der Waals surface area (Å²) < 4.78 is 5.33. The lowest BCUT2D eigenvalue weighted by atomic mass is 9.96. The number of hydrogen-bond donors (Lipinski definition) is 1. The average molecular weight is 407 g/mol. The molecule has 1 aliphatic heterocycles. The molecule has 9 nitrogen and oxygen atoms in total. The second-order valence-corrected chi connectivity index (χ2v) is 7.28. The largest absolute Gasteiger partial charge is 0.463 e. The Balaban J connectivity index is 1.44. The molecule has 0 saturated carbocycles. The van der Waals surface area contributed by atoms with Gasteiger partial charge < -0.3 is 14.6 Å². The number of hydrogen-bond acceptors (Lipinski definition) is 7. The SMILES string of the molecule is Cc1ccc([N+](=O)[O-])cc1NC(=O)C1CCCN(c2ccc(-c3ccco3)nn2)C1. The topological polar surface area (TPSA) is 114 Å². The lowest BCUT2D eigenvalue weighted by molar-refractivity contribution is -0.384. The lowest BCUT2D eigenvalue weighted by Gasteiger charge is -2.32. The molecule has 1 atom stereocenters. The molecule has 9 heteroatoms. The molecular formula is C21H21N5O4. The second kappa shape index (κ2) is 8.32. The van der Waals surface area contributed by atoms with Gasteiger partial charge in [0.25, 0.3) is 5.69 Å². The zero-order valence-electron chi connectivity index (χ0n) is 16.4. The van der Waals surface area contributed by atoms with Crippen molar-refractivity contribution in [2.75, 3.05) is 23.3 Å². The van der Waals surface area contributed by atoms with Crippen molar-refractivity contribution in [3.8, 4) is 11.5 Å². The Morgan fingerprint density at radius 2 is 2.13 bits per heavy atom. The summed E-state index contributed by atoms with van der Waals surface area (Å²) in [5, 5.41) is 22.4. The summed E-state index contributed by atoms with van der Waals surface area (Å²) in [4.78, 5) is 25.4. The zero-order valence-corrected chi connectivity index (χ0v) is 16.4. The molecule has 1 aromatic carbocycles. The van der Waals surface area contributed by atoms with Crippen LogP contribution >= 0.6 is 0 Å². The summed E-state index contributed by atoms with van der Waals surface area (Å²) >= 11 is 0. The fraction of sp³-hybridized carbons (Fsp3) is 0.286. The fourth-order valence-electron chi connectivity index (χ4n) is 3.54. The highest BCUT2D eigenvalue weighted by Gasteiger charge is 2.27. The Morgan fingerprint density at radius 1 is 1.27 bits per heavy atom. The van der Waals surface area contributed by atoms with Crippen LogP contribution in [0.15, 0.2) is 53.1 Å². The molecule has 1 saturated heterocycles. The third-order valence-corrected chi connectivity index (χ3v) is 5.23. The Kier molecular flexibility index (Phi) is 5.42. The van der Waals surface area contributed by atoms with E-state index >= 15 is 0 Å². The molecule has 154 valence electrons. The predicted octanol–water partition coefficient (Wildman–Crippen LogP) is 3.81. The standard InChI is InChI=1S/C21H21N5O4/c1-14-6-7-16(26(28)29)12-18(14)22-21(27)15-4-2-10-25(13-15)20-9-8-17(23-24-20)19-5-3-11-30-19/h3,5-9,11-12,15H,2,4,10,13H2,1H3,(H,22,27). The van der Waals surface area contributed by atoms with Crippen molar-refractivity contribution in [1.82, 2.24) is 10.2 Å². The molecule has 1 N–H and O–H groups in total. The van der Waals surface area contributed by atoms with Crippen LogP contribution in [-0.4, -0.2) is 34.1 Å². The highest BCUT2D eigenvalue weighted by atomic mass is 16.6. The van der Waals surface area contributed by atoms with Crippen LogP contribution in [0.4, 0.5) is 17.2 Å². The number of nitrogens with one attached hydrogen (secondary N) is 1. The van der Waals surface area contributed by atoms with Crippen LogP contribution in [0.1, 0.15) is 18.4 Å². The number of amides is 1. The molecular weight excluding hydrogens is 386 g/mol. The van der Waals surface area contributed by atoms with E-state index in [0.717, 1.165) is 24.9 Å². The number of piperidine rings is 1. The van der Waals surface area contributed by atoms with Gasteiger partial charge in [-0.2, -0.15) is 0 Å². The molecule has 1 unspecified atom stereocenters. The number of anilines is 2. The van der Waals surface area contributed by atoms with Crippen LogP contribution in [0.3, 0.4) is 0 Å². The number of nitro benzene ring substituents is 1. The lowest BCUT2D eigenvalue weighted by Crippen LogP contribution is -2.41. The summed E-state index contributed by atoms with van der Waals surface area (Å²) in [6, 6.07) is 11.8. The van der Waals surface area contributed by atoms with Gasteiger partial charge in [0.05, 0.1) is 22.8 Å². The van der Waals surface area contributed by atoms with Crippen LogP contribution in [0.5, 0.6) is 0 Å². The van der Waals surface area contributed by atoms with E-state index in [1.54, 1.807) is 18.4 Å². The van der Waals surface area contributed by atoms with Crippen molar-refractivity contribution >= 4 is 23.1 Å². The van der Waals surface area contributed by atoms with Crippen LogP contribution in [0.25, 0.3) is 11.5 Å². The molecule has 0 radical (unpaired) electrons. The van der Waals surface area contributed by atoms with Crippen LogP contribution < -0.4 is 10.2 Å². The van der Waals surface area contributed by atoms with Crippen LogP contribution in [0.2, 0.25) is 0 Å². The third kappa shape index (κ3) is 4.14. The first-order chi connectivity index (χ1) is 14.5. The Bertz CT molecular complexity index is 1050. The number of nitro groups is 1. The molecule has 0 spiro atoms. The van der Waals surface area contributed by atoms with Gasteiger partial charge in [0.2, 0.25) is 5.91 Å². The summed E-state index contributed by atoms with van der Waals surface area (Å²) in [5.74, 6) is 0.957. The van der Waals surface area contributed by atoms with Gasteiger partial charge in [-0.1, -0.05) is 6.07 Å². The van der Waals surface area contributed by atoms with E-state index in [1.165, 1.54) is 12.1 Å². The van der Waals surface area contributed by atoms with E-state index < -0.39 is 4.92 Å². The first kappa shape index (κ1) is 19.6. The summed E-state index contributed by atoms with van der Waals surface area (Å²) in [6.45, 7) is 3.10. The van der Waals surface area contributed by atoms with E-state index in [2.05, 4.69) is 15.5 Å². The van der Waals surface area contributed by atoms with Gasteiger partial charge in [0.15, 0.2) is 11.6 Å². The van der Waals surface area contributed by atoms with Gasteiger partial charge in [-0.05, 0) is 49.6 Å². The maximum absolute atomic E-state index is 12.8. The van der Waals surface area contributed by atoms with Crippen molar-refractivity contribution in [2.24, 2.45) is 5.92 Å². The van der Waals surface area contributed by atoms with Crippen LogP contribution in [0, 0.1) is 23.0 Å². The summed E-state index contributed by atoms with van der Waals surface area (Å²) in [7, 11) is 0. The van der Waals surface area contributed by atoms with Gasteiger partial charge in [0, 0.05) is 25.2 Å². The number of carbonyl (C=O) groups excluding carboxylic acids is 1. The molecule has 0 aliphatic carbocycles. The molecule has 1 amide bonds. The first-order valence-electron chi connectivity index (χ1n) is 9.70. The molecule has 3 aromatic rings. The minimum Gasteiger partial charge on any atom is -0.463 e. The van der Waals surface area contributed by atoms with E-state index in [0.29, 0.717) is 29.5 Å². The number of aromatic nitrogens is 2. The summed E-state index contributed by atoms with van der Waals surface area (Å²) in [5.41, 5.74) is 1.85. The molecule has 3 heterocycles. The van der Waals surface area contributed by atoms with Crippen molar-refractivity contribution in [2.45, 2.75) is 19.8 Å². The van der Waals surface area contributed by atoms with Gasteiger partial charge >= 0.3 is 0 Å². The van der Waals surface area contributed by atoms with Gasteiger partial charge in [-0.3, -0.25) is 14.9 Å². The molecule has 2 aromatic heterocycles. The normalized spacial score (nSPS) is 16.3. The minimum absolute atomic E-state index is 0.0481. The van der Waals surface area contributed by atoms with Crippen molar-refractivity contribution in [3.05, 3.63) is 64.4 Å². The molecule has 1 aliphatic rings. The third-order valence-electron chi connectivity index (χ3n) is 5.23. The average Bonchev–Trinajstić information content (AvgIpc) is 3.30. The molecule has 1 fully saturated rings. The minimum atomic E-state index is -0.470. The van der Waals surface area contributed by atoms with E-state index in [1.807, 2.05) is 30.0 Å². The van der Waals surface area contributed by atoms with E-state index in [-0.39, 0.29) is 17.5 Å². The number of benzene rings is 1. The maximum Gasteiger partial charge on any atom is 0.271 e. The Labute approximate surface area is 172 Å². The van der Waals surface area contributed by atoms with Crippen molar-refractivity contribution in [3.63, 3.8) is 0 Å². The highest BCUT2D eigenvalue weighted by Crippen LogP contribution is 2.26. The predicted molar refractivity (Wildman–Crippen MR) is 111 cm³/mol. The Morgan fingerprint density at radius 3 is 2.83 bits per heavy atom. The number of non-ortho nitro benzene ring substituents is 1. The maximum atomic E-state index is 12.8. The first-order valence-corrected chi connectivity index (χ1v) is 9.70. The number of furan rings is 1. The zero-order chi connectivity index (χ0) is 21.1. The molecule has 4 rings (SSSR count). The number of rotatable bonds is 5. The quantitative estimate of drug-likeness (QED) is 0.505. The number of nitrogens with zero attached hydrogens (tertiary/aromatic N) is 4. The van der Waals surface area contributed by atoms with Crippen molar-refractivity contribution in [1.29, 1.82) is 0 Å². The molecule has 0 bridgehead atoms. The monoisotopic (exact) mass is 407 g/mol. The smallest absolute Gasteiger partial charge is 0.271 e. The van der Waals surface area contributed by atoms with E-state index in [4.69, 9.17) is 4.42 Å². The second-order valence-electron chi connectivity index (χ2n) is 7.28. The van der Waals surface area contributed by atoms with Gasteiger partial charge in [-0.25, -0.2) is 0 Å². The Hall–Kier alpha value is -3.75. The van der Waals surface area contributed by atoms with Crippen LogP contribution in [-0.2, 0) is 4.79 Å². The fourth-order valence-corrected chi connectivity index (χ4v) is 3.54. The van der Waals surface area contributed by atoms with Gasteiger partial charge in [-0.15, -0.1) is 10.2 Å². The molecule has 30 heavy (non-hydrogen) atoms. The van der Waals surface area contributed by atoms with E-state index in [9.17, 15) is 14.9 Å². The number of carbonyl (C=O) groups is 1. The number of aryl methyl sites for hydroxylation is 1. The van der Waals surface area contributed by atoms with Crippen molar-refractivity contribution < 1.29 is 14.1 Å². The summed E-state index contributed by atoms with van der Waals surface area (Å²) in [6.07, 6.45) is 3.17. The highest BCUT2D eigenvalue weighted by molar-refractivity contribution is 5.94. The van der Waals surface area contributed by atoms with Gasteiger partial charge in [0.1, 0.15) is 5.69 Å².